The first-order valence-electron chi connectivity index (χ1n) is 6.90. The fourth-order valence-corrected chi connectivity index (χ4v) is 3.06. The van der Waals surface area contributed by atoms with Crippen LogP contribution in [0.3, 0.4) is 0 Å². The lowest BCUT2D eigenvalue weighted by atomic mass is 10.1. The Morgan fingerprint density at radius 3 is 2.62 bits per heavy atom. The summed E-state index contributed by atoms with van der Waals surface area (Å²) in [6.45, 7) is -0.0356. The standard InChI is InChI=1S/C16H11BrN2O5/c1-24-13-6-5-10(17)7-9(13)8-18-15(20)11-3-2-4-12(19(22)23)14(11)16(18)21/h2-7H,8H2,1H3. The number of fused-ring (bicyclic) bond motifs is 1. The Balaban J connectivity index is 2.02. The van der Waals surface area contributed by atoms with E-state index in [0.29, 0.717) is 11.3 Å². The van der Waals surface area contributed by atoms with Crippen molar-refractivity contribution in [1.29, 1.82) is 0 Å². The highest BCUT2D eigenvalue weighted by Gasteiger charge is 2.41. The number of carbonyl (C=O) groups excluding carboxylic acids is 2. The first-order chi connectivity index (χ1) is 11.4. The number of halogens is 1. The third kappa shape index (κ3) is 2.54. The molecule has 2 amide bonds. The van der Waals surface area contributed by atoms with E-state index < -0.39 is 16.7 Å². The predicted molar refractivity (Wildman–Crippen MR) is 88.0 cm³/mol. The van der Waals surface area contributed by atoms with Crippen LogP contribution in [-0.2, 0) is 6.54 Å². The molecule has 2 aromatic carbocycles. The maximum atomic E-state index is 12.6. The van der Waals surface area contributed by atoms with Crippen LogP contribution in [0, 0.1) is 10.1 Å². The van der Waals surface area contributed by atoms with Crippen molar-refractivity contribution in [2.24, 2.45) is 0 Å². The molecule has 0 aromatic heterocycles. The predicted octanol–water partition coefficient (Wildman–Crippen LogP) is 3.16. The van der Waals surface area contributed by atoms with Crippen LogP contribution in [0.5, 0.6) is 5.75 Å². The fraction of sp³-hybridized carbons (Fsp3) is 0.125. The Bertz CT molecular complexity index is 881. The summed E-state index contributed by atoms with van der Waals surface area (Å²) in [7, 11) is 1.49. The molecule has 2 aromatic rings. The molecule has 0 N–H and O–H groups in total. The summed E-state index contributed by atoms with van der Waals surface area (Å²) in [5.74, 6) is -0.714. The Hall–Kier alpha value is -2.74. The molecule has 8 heteroatoms. The number of amides is 2. The monoisotopic (exact) mass is 390 g/mol. The van der Waals surface area contributed by atoms with Crippen molar-refractivity contribution < 1.29 is 19.2 Å². The van der Waals surface area contributed by atoms with Crippen LogP contribution < -0.4 is 4.74 Å². The minimum absolute atomic E-state index is 0.0356. The first-order valence-corrected chi connectivity index (χ1v) is 7.69. The summed E-state index contributed by atoms with van der Waals surface area (Å²) in [6, 6.07) is 9.24. The maximum Gasteiger partial charge on any atom is 0.282 e. The fourth-order valence-electron chi connectivity index (χ4n) is 2.65. The van der Waals surface area contributed by atoms with Crippen molar-refractivity contribution in [2.75, 3.05) is 7.11 Å². The van der Waals surface area contributed by atoms with Crippen molar-refractivity contribution in [3.05, 3.63) is 67.7 Å². The van der Waals surface area contributed by atoms with Crippen LogP contribution in [0.4, 0.5) is 5.69 Å². The second-order valence-electron chi connectivity index (χ2n) is 5.11. The summed E-state index contributed by atoms with van der Waals surface area (Å²) < 4.78 is 6.01. The van der Waals surface area contributed by atoms with Gasteiger partial charge in [-0.15, -0.1) is 0 Å². The summed E-state index contributed by atoms with van der Waals surface area (Å²) >= 11 is 3.33. The molecule has 1 aliphatic rings. The molecule has 0 radical (unpaired) electrons. The van der Waals surface area contributed by atoms with Crippen molar-refractivity contribution in [1.82, 2.24) is 4.90 Å². The number of nitro groups is 1. The SMILES string of the molecule is COc1ccc(Br)cc1CN1C(=O)c2cccc([N+](=O)[O-])c2C1=O. The van der Waals surface area contributed by atoms with E-state index in [1.165, 1.54) is 25.3 Å². The van der Waals surface area contributed by atoms with Gasteiger partial charge in [0.2, 0.25) is 0 Å². The number of ether oxygens (including phenoxy) is 1. The zero-order valence-electron chi connectivity index (χ0n) is 12.5. The van der Waals surface area contributed by atoms with Gasteiger partial charge in [-0.05, 0) is 24.3 Å². The van der Waals surface area contributed by atoms with Crippen LogP contribution in [0.25, 0.3) is 0 Å². The molecule has 1 heterocycles. The summed E-state index contributed by atoms with van der Waals surface area (Å²) in [5.41, 5.74) is 0.128. The molecule has 0 atom stereocenters. The van der Waals surface area contributed by atoms with Gasteiger partial charge in [0.25, 0.3) is 17.5 Å². The van der Waals surface area contributed by atoms with Crippen LogP contribution in [0.2, 0.25) is 0 Å². The molecule has 0 saturated carbocycles. The van der Waals surface area contributed by atoms with E-state index in [4.69, 9.17) is 4.74 Å². The summed E-state index contributed by atoms with van der Waals surface area (Å²) in [5, 5.41) is 11.1. The van der Waals surface area contributed by atoms with Crippen LogP contribution in [0.1, 0.15) is 26.3 Å². The Morgan fingerprint density at radius 2 is 1.96 bits per heavy atom. The Labute approximate surface area is 145 Å². The first kappa shape index (κ1) is 16.1. The second kappa shape index (κ2) is 6.04. The van der Waals surface area contributed by atoms with Gasteiger partial charge in [0.05, 0.1) is 24.1 Å². The number of hydrogen-bond donors (Lipinski definition) is 0. The summed E-state index contributed by atoms with van der Waals surface area (Å²) in [4.78, 5) is 36.5. The number of carbonyl (C=O) groups is 2. The molecule has 3 rings (SSSR count). The highest BCUT2D eigenvalue weighted by atomic mass is 79.9. The van der Waals surface area contributed by atoms with E-state index in [1.807, 2.05) is 0 Å². The molecule has 0 spiro atoms. The average molecular weight is 391 g/mol. The topological polar surface area (TPSA) is 89.8 Å². The van der Waals surface area contributed by atoms with E-state index in [1.54, 1.807) is 18.2 Å². The van der Waals surface area contributed by atoms with Crippen molar-refractivity contribution in [3.63, 3.8) is 0 Å². The van der Waals surface area contributed by atoms with Crippen LogP contribution in [-0.4, -0.2) is 28.7 Å². The van der Waals surface area contributed by atoms with Crippen LogP contribution >= 0.6 is 15.9 Å². The molecule has 24 heavy (non-hydrogen) atoms. The smallest absolute Gasteiger partial charge is 0.282 e. The largest absolute Gasteiger partial charge is 0.496 e. The quantitative estimate of drug-likeness (QED) is 0.454. The molecule has 0 fully saturated rings. The molecule has 7 nitrogen and oxygen atoms in total. The number of imide groups is 1. The van der Waals surface area contributed by atoms with E-state index >= 15 is 0 Å². The number of nitro benzene ring substituents is 1. The molecule has 0 bridgehead atoms. The van der Waals surface area contributed by atoms with Crippen molar-refractivity contribution in [2.45, 2.75) is 6.54 Å². The minimum Gasteiger partial charge on any atom is -0.496 e. The van der Waals surface area contributed by atoms with Gasteiger partial charge in [0.1, 0.15) is 11.3 Å². The van der Waals surface area contributed by atoms with E-state index in [9.17, 15) is 19.7 Å². The Kier molecular flexibility index (Phi) is 4.06. The van der Waals surface area contributed by atoms with Crippen molar-refractivity contribution in [3.8, 4) is 5.75 Å². The zero-order valence-corrected chi connectivity index (χ0v) is 14.1. The van der Waals surface area contributed by atoms with Gasteiger partial charge in [0, 0.05) is 16.1 Å². The molecule has 0 unspecified atom stereocenters. The normalized spacial score (nSPS) is 13.2. The third-order valence-corrected chi connectivity index (χ3v) is 4.24. The van der Waals surface area contributed by atoms with Gasteiger partial charge in [-0.1, -0.05) is 22.0 Å². The maximum absolute atomic E-state index is 12.6. The highest BCUT2D eigenvalue weighted by molar-refractivity contribution is 9.10. The Morgan fingerprint density at radius 1 is 1.21 bits per heavy atom. The molecular weight excluding hydrogens is 380 g/mol. The number of benzene rings is 2. The number of nitrogens with zero attached hydrogens (tertiary/aromatic N) is 2. The van der Waals surface area contributed by atoms with Gasteiger partial charge >= 0.3 is 0 Å². The second-order valence-corrected chi connectivity index (χ2v) is 6.03. The average Bonchev–Trinajstić information content (AvgIpc) is 2.80. The van der Waals surface area contributed by atoms with Gasteiger partial charge in [0.15, 0.2) is 0 Å². The number of rotatable bonds is 4. The zero-order chi connectivity index (χ0) is 17.4. The van der Waals surface area contributed by atoms with E-state index in [0.717, 1.165) is 9.37 Å². The molecule has 1 aliphatic heterocycles. The van der Waals surface area contributed by atoms with Gasteiger partial charge in [-0.25, -0.2) is 0 Å². The minimum atomic E-state index is -0.677. The summed E-state index contributed by atoms with van der Waals surface area (Å²) in [6.07, 6.45) is 0. The van der Waals surface area contributed by atoms with E-state index in [2.05, 4.69) is 15.9 Å². The number of methoxy groups -OCH3 is 1. The van der Waals surface area contributed by atoms with Crippen molar-refractivity contribution >= 4 is 33.4 Å². The molecule has 0 aliphatic carbocycles. The van der Waals surface area contributed by atoms with E-state index in [-0.39, 0.29) is 23.4 Å². The number of hydrogen-bond acceptors (Lipinski definition) is 5. The van der Waals surface area contributed by atoms with Crippen LogP contribution in [0.15, 0.2) is 40.9 Å². The molecule has 122 valence electrons. The van der Waals surface area contributed by atoms with Gasteiger partial charge in [-0.3, -0.25) is 24.6 Å². The third-order valence-electron chi connectivity index (χ3n) is 3.74. The molecule has 0 saturated heterocycles. The van der Waals surface area contributed by atoms with Gasteiger partial charge < -0.3 is 4.74 Å². The van der Waals surface area contributed by atoms with Gasteiger partial charge in [-0.2, -0.15) is 0 Å². The highest BCUT2D eigenvalue weighted by Crippen LogP contribution is 2.33. The lowest BCUT2D eigenvalue weighted by Crippen LogP contribution is -2.29. The lowest BCUT2D eigenvalue weighted by molar-refractivity contribution is -0.385. The molecular formula is C16H11BrN2O5. The lowest BCUT2D eigenvalue weighted by Gasteiger charge is -2.16.